The number of carbonyl (C=O) groups excluding carboxylic acids is 11. The fraction of sp³-hybridized carbons (Fsp3) is 0.564. The SMILES string of the molecule is CC[C@H](C)[C@@H]1NC(=O)[C@@H](CCCN=C(N)N)NC(=O)[C@H](CC(C)C)NC(=O)[C@H]([C@H](O)C(C)C)NC(=O)[C@@H](NC(=O)OCc2ccccc2)[C@@H](c2ccccc2)NC(=O)[C@H](CO)NC(=O)C([C@H](O)C(N)=O)NC(=O)[C@@H](C)NC(=O)[C@H]([C@H](C)O)NC1=O. The van der Waals surface area contributed by atoms with Crippen LogP contribution < -0.4 is 70.4 Å². The maximum atomic E-state index is 15.0. The molecule has 85 heavy (non-hydrogen) atoms. The summed E-state index contributed by atoms with van der Waals surface area (Å²) in [7, 11) is 0. The van der Waals surface area contributed by atoms with Gasteiger partial charge in [0.25, 0.3) is 0 Å². The predicted octanol–water partition coefficient (Wildman–Crippen LogP) is -4.57. The Morgan fingerprint density at radius 1 is 0.612 bits per heavy atom. The molecule has 30 heteroatoms. The third kappa shape index (κ3) is 22.2. The zero-order valence-electron chi connectivity index (χ0n) is 48.8. The van der Waals surface area contributed by atoms with Gasteiger partial charge in [0.1, 0.15) is 61.0 Å². The van der Waals surface area contributed by atoms with Gasteiger partial charge in [-0.2, -0.15) is 0 Å². The van der Waals surface area contributed by atoms with Gasteiger partial charge in [-0.1, -0.05) is 109 Å². The third-order valence-corrected chi connectivity index (χ3v) is 13.7. The summed E-state index contributed by atoms with van der Waals surface area (Å²) in [6.45, 7) is 10.3. The molecular formula is C55H84N14O16. The van der Waals surface area contributed by atoms with Crippen LogP contribution in [0.3, 0.4) is 0 Å². The first-order valence-electron chi connectivity index (χ1n) is 27.8. The quantitative estimate of drug-likeness (QED) is 0.0380. The Bertz CT molecular complexity index is 2640. The van der Waals surface area contributed by atoms with E-state index in [1.165, 1.54) is 38.1 Å². The Morgan fingerprint density at radius 2 is 1.12 bits per heavy atom. The van der Waals surface area contributed by atoms with Gasteiger partial charge in [0.05, 0.1) is 24.9 Å². The van der Waals surface area contributed by atoms with Crippen molar-refractivity contribution >= 4 is 71.1 Å². The molecule has 1 heterocycles. The molecule has 0 saturated carbocycles. The van der Waals surface area contributed by atoms with E-state index in [9.17, 15) is 68.4 Å². The average Bonchev–Trinajstić information content (AvgIpc) is 3.67. The molecule has 3 rings (SSSR count). The second-order valence-electron chi connectivity index (χ2n) is 21.4. The Labute approximate surface area is 492 Å². The van der Waals surface area contributed by atoms with Crippen LogP contribution in [-0.4, -0.2) is 177 Å². The minimum atomic E-state index is -2.54. The molecule has 20 N–H and O–H groups in total. The number of hydrogen-bond acceptors (Lipinski definition) is 17. The van der Waals surface area contributed by atoms with Gasteiger partial charge in [-0.25, -0.2) is 4.79 Å². The number of nitrogens with zero attached hydrogens (tertiary/aromatic N) is 1. The van der Waals surface area contributed by atoms with E-state index in [1.54, 1.807) is 64.1 Å². The van der Waals surface area contributed by atoms with Gasteiger partial charge in [-0.05, 0) is 62.0 Å². The molecule has 1 aliphatic heterocycles. The fourth-order valence-corrected chi connectivity index (χ4v) is 8.57. The van der Waals surface area contributed by atoms with E-state index in [2.05, 4.69) is 58.2 Å². The van der Waals surface area contributed by atoms with Crippen molar-refractivity contribution in [1.82, 2.24) is 53.2 Å². The standard InChI is InChI=1S/C55H84N14O16/c1-9-28(6)36-49(79)65-37(30(8)71)50(80)60-29(7)45(75)67-41(43(73)44(56)74)53(83)63-35(24-70)48(78)66-38(32-19-14-11-15-20-32)39(69-55(84)85-25-31-17-12-10-13-18-31)51(81)68-40(42(72)27(4)5)52(82)62-34(23-26(2)3)47(77)61-33(46(76)64-36)21-16-22-59-54(57)58/h10-15,17-20,26-30,33-43,70-73H,9,16,21-25H2,1-8H3,(H2,56,74)(H,60,80)(H,61,77)(H,62,82)(H,63,83)(H,64,76)(H,65,79)(H,66,78)(H,67,75)(H,68,81)(H,69,84)(H4,57,58,59)/t28-,29+,30-,33+,34-,35-,36-,37-,38+,39-,40-,41?,42+,43-/m0/s1. The number of hydrogen-bond donors (Lipinski definition) is 17. The second kappa shape index (κ2) is 34.3. The number of benzene rings is 2. The number of aliphatic hydroxyl groups is 4. The van der Waals surface area contributed by atoms with Crippen molar-refractivity contribution in [1.29, 1.82) is 0 Å². The molecule has 1 saturated heterocycles. The van der Waals surface area contributed by atoms with Crippen molar-refractivity contribution in [2.24, 2.45) is 39.9 Å². The summed E-state index contributed by atoms with van der Waals surface area (Å²) in [5.74, 6) is -14.3. The highest BCUT2D eigenvalue weighted by atomic mass is 16.5. The lowest BCUT2D eigenvalue weighted by molar-refractivity contribution is -0.141. The highest BCUT2D eigenvalue weighted by molar-refractivity contribution is 6.00. The van der Waals surface area contributed by atoms with Gasteiger partial charge in [-0.3, -0.25) is 52.9 Å². The van der Waals surface area contributed by atoms with Crippen molar-refractivity contribution in [3.8, 4) is 0 Å². The van der Waals surface area contributed by atoms with Crippen LogP contribution in [0.5, 0.6) is 0 Å². The molecule has 1 fully saturated rings. The summed E-state index contributed by atoms with van der Waals surface area (Å²) in [4.78, 5) is 159. The van der Waals surface area contributed by atoms with E-state index in [0.717, 1.165) is 13.8 Å². The summed E-state index contributed by atoms with van der Waals surface area (Å²) in [6, 6.07) is -2.53. The monoisotopic (exact) mass is 1200 g/mol. The van der Waals surface area contributed by atoms with Crippen LogP contribution in [0.25, 0.3) is 0 Å². The van der Waals surface area contributed by atoms with Crippen molar-refractivity contribution < 1.29 is 77.9 Å². The Morgan fingerprint density at radius 3 is 1.67 bits per heavy atom. The Hall–Kier alpha value is -8.48. The summed E-state index contributed by atoms with van der Waals surface area (Å²) < 4.78 is 5.46. The van der Waals surface area contributed by atoms with Crippen LogP contribution in [0.1, 0.15) is 98.2 Å². The number of rotatable bonds is 18. The number of carbonyl (C=O) groups is 11. The summed E-state index contributed by atoms with van der Waals surface area (Å²) >= 11 is 0. The molecule has 30 nitrogen and oxygen atoms in total. The molecule has 2 aromatic carbocycles. The lowest BCUT2D eigenvalue weighted by Gasteiger charge is -2.33. The van der Waals surface area contributed by atoms with Crippen LogP contribution in [-0.2, 0) is 59.3 Å². The lowest BCUT2D eigenvalue weighted by atomic mass is 9.94. The van der Waals surface area contributed by atoms with Gasteiger partial charge < -0.3 is 95.5 Å². The molecule has 470 valence electrons. The highest BCUT2D eigenvalue weighted by Gasteiger charge is 2.42. The van der Waals surface area contributed by atoms with E-state index < -0.39 is 162 Å². The zero-order chi connectivity index (χ0) is 63.8. The third-order valence-electron chi connectivity index (χ3n) is 13.7. The first-order valence-corrected chi connectivity index (χ1v) is 27.8. The Balaban J connectivity index is 2.35. The minimum absolute atomic E-state index is 0.0312. The maximum absolute atomic E-state index is 15.0. The number of alkyl carbamates (subject to hydrolysis) is 1. The van der Waals surface area contributed by atoms with E-state index >= 15 is 4.79 Å². The number of aliphatic imine (C=N–C) groups is 1. The molecule has 14 atom stereocenters. The molecule has 1 aliphatic rings. The molecule has 0 radical (unpaired) electrons. The molecule has 11 amide bonds. The summed E-state index contributed by atoms with van der Waals surface area (Å²) in [6.07, 6.45) is -7.20. The number of guanidine groups is 1. The lowest BCUT2D eigenvalue weighted by Crippen LogP contribution is -2.65. The average molecular weight is 1200 g/mol. The minimum Gasteiger partial charge on any atom is -0.445 e. The van der Waals surface area contributed by atoms with Crippen molar-refractivity contribution in [3.63, 3.8) is 0 Å². The molecule has 2 aromatic rings. The van der Waals surface area contributed by atoms with Crippen LogP contribution in [0.4, 0.5) is 4.79 Å². The summed E-state index contributed by atoms with van der Waals surface area (Å²) in [5.41, 5.74) is 17.0. The number of nitrogens with two attached hydrogens (primary N) is 3. The normalized spacial score (nSPS) is 25.4. The van der Waals surface area contributed by atoms with Gasteiger partial charge >= 0.3 is 6.09 Å². The number of aliphatic hydroxyl groups excluding tert-OH is 4. The molecule has 1 unspecified atom stereocenters. The Kier molecular flexibility index (Phi) is 28.6. The topological polar surface area (TPSA) is 489 Å². The van der Waals surface area contributed by atoms with Gasteiger partial charge in [0.2, 0.25) is 59.1 Å². The van der Waals surface area contributed by atoms with Crippen LogP contribution in [0.15, 0.2) is 65.7 Å². The molecular weight excluding hydrogens is 1110 g/mol. The van der Waals surface area contributed by atoms with Crippen molar-refractivity contribution in [2.45, 2.75) is 166 Å². The smallest absolute Gasteiger partial charge is 0.408 e. The maximum Gasteiger partial charge on any atom is 0.408 e. The van der Waals surface area contributed by atoms with E-state index in [4.69, 9.17) is 21.9 Å². The van der Waals surface area contributed by atoms with Crippen LogP contribution >= 0.6 is 0 Å². The van der Waals surface area contributed by atoms with Gasteiger partial charge in [0, 0.05) is 6.54 Å². The number of nitrogens with one attached hydrogen (secondary N) is 10. The molecule has 0 spiro atoms. The summed E-state index contributed by atoms with van der Waals surface area (Å²) in [5, 5.41) is 68.0. The van der Waals surface area contributed by atoms with Crippen LogP contribution in [0.2, 0.25) is 0 Å². The van der Waals surface area contributed by atoms with Gasteiger partial charge in [0.15, 0.2) is 12.1 Å². The van der Waals surface area contributed by atoms with Crippen molar-refractivity contribution in [3.05, 3.63) is 71.8 Å². The molecule has 0 bridgehead atoms. The van der Waals surface area contributed by atoms with E-state index in [-0.39, 0.29) is 56.3 Å². The largest absolute Gasteiger partial charge is 0.445 e. The van der Waals surface area contributed by atoms with E-state index in [1.807, 2.05) is 0 Å². The number of ether oxygens (including phenoxy) is 1. The molecule has 0 aliphatic carbocycles. The molecule has 0 aromatic heterocycles. The predicted molar refractivity (Wildman–Crippen MR) is 306 cm³/mol. The highest BCUT2D eigenvalue weighted by Crippen LogP contribution is 2.21. The fourth-order valence-electron chi connectivity index (χ4n) is 8.57. The van der Waals surface area contributed by atoms with Gasteiger partial charge in [-0.15, -0.1) is 0 Å². The van der Waals surface area contributed by atoms with Crippen molar-refractivity contribution in [2.75, 3.05) is 13.2 Å². The zero-order valence-corrected chi connectivity index (χ0v) is 48.8. The second-order valence-corrected chi connectivity index (χ2v) is 21.4. The first kappa shape index (κ1) is 70.8. The van der Waals surface area contributed by atoms with E-state index in [0.29, 0.717) is 5.56 Å². The van der Waals surface area contributed by atoms with Crippen LogP contribution in [0, 0.1) is 17.8 Å². The first-order chi connectivity index (χ1) is 40.0. The number of amides is 11. The number of primary amides is 1.